The van der Waals surface area contributed by atoms with Crippen LogP contribution in [0.3, 0.4) is 0 Å². The van der Waals surface area contributed by atoms with Crippen LogP contribution in [0.2, 0.25) is 0 Å². The van der Waals surface area contributed by atoms with Crippen molar-refractivity contribution in [3.05, 3.63) is 59.7 Å². The molecule has 1 aliphatic rings. The summed E-state index contributed by atoms with van der Waals surface area (Å²) in [6, 6.07) is 12.9. The Hall–Kier alpha value is -1.78. The molecule has 0 bridgehead atoms. The van der Waals surface area contributed by atoms with E-state index >= 15 is 0 Å². The predicted molar refractivity (Wildman–Crippen MR) is 111 cm³/mol. The normalized spacial score (nSPS) is 18.4. The number of aryl methyl sites for hydroxylation is 2. The zero-order valence-corrected chi connectivity index (χ0v) is 18.2. The number of hydrogen-bond donors (Lipinski definition) is 2. The molecule has 1 atom stereocenters. The fraction of sp³-hybridized carbons (Fsp3) is 0.400. The molecule has 29 heavy (non-hydrogen) atoms. The Morgan fingerprint density at radius 3 is 1.76 bits per heavy atom. The van der Waals surface area contributed by atoms with Crippen LogP contribution in [-0.4, -0.2) is 50.0 Å². The van der Waals surface area contributed by atoms with Crippen LogP contribution in [-0.2, 0) is 20.1 Å². The maximum Gasteiger partial charge on any atom is 0.294 e. The van der Waals surface area contributed by atoms with Crippen molar-refractivity contribution < 1.29 is 26.5 Å². The van der Waals surface area contributed by atoms with Gasteiger partial charge in [-0.25, -0.2) is 8.42 Å². The average Bonchev–Trinajstić information content (AvgIpc) is 2.87. The van der Waals surface area contributed by atoms with E-state index in [2.05, 4.69) is 0 Å². The smallest absolute Gasteiger partial charge is 0.294 e. The van der Waals surface area contributed by atoms with Crippen LogP contribution in [0.4, 0.5) is 0 Å². The van der Waals surface area contributed by atoms with E-state index < -0.39 is 20.1 Å². The minimum atomic E-state index is -4.02. The summed E-state index contributed by atoms with van der Waals surface area (Å²) in [7, 11) is -7.42. The van der Waals surface area contributed by atoms with Gasteiger partial charge in [-0.15, -0.1) is 0 Å². The quantitative estimate of drug-likeness (QED) is 0.709. The van der Waals surface area contributed by atoms with Crippen LogP contribution in [0, 0.1) is 13.8 Å². The molecule has 1 heterocycles. The predicted octanol–water partition coefficient (Wildman–Crippen LogP) is 2.77. The number of sulfonamides is 1. The molecule has 1 saturated heterocycles. The Bertz CT molecular complexity index is 1000. The lowest BCUT2D eigenvalue weighted by molar-refractivity contribution is 0.159. The van der Waals surface area contributed by atoms with Crippen LogP contribution in [0.1, 0.15) is 30.4 Å². The van der Waals surface area contributed by atoms with Crippen LogP contribution in [0.15, 0.2) is 58.3 Å². The second-order valence-corrected chi connectivity index (χ2v) is 10.4. The van der Waals surface area contributed by atoms with Crippen LogP contribution < -0.4 is 0 Å². The van der Waals surface area contributed by atoms with Gasteiger partial charge in [-0.2, -0.15) is 12.7 Å². The van der Waals surface area contributed by atoms with E-state index in [0.717, 1.165) is 11.1 Å². The molecule has 2 aromatic carbocycles. The van der Waals surface area contributed by atoms with Gasteiger partial charge in [-0.3, -0.25) is 4.55 Å². The molecule has 0 spiro atoms. The minimum absolute atomic E-state index is 0.0666. The van der Waals surface area contributed by atoms with Gasteiger partial charge in [-0.1, -0.05) is 35.4 Å². The SMILES string of the molecule is Cc1ccc(S(=O)(=O)N2CCCC(O)CC2)cc1.Cc1ccc(S(=O)(=O)O)cc1. The molecular weight excluding hydrogens is 414 g/mol. The summed E-state index contributed by atoms with van der Waals surface area (Å²) in [5.74, 6) is 0. The van der Waals surface area contributed by atoms with Gasteiger partial charge < -0.3 is 5.11 Å². The highest BCUT2D eigenvalue weighted by Crippen LogP contribution is 2.20. The topological polar surface area (TPSA) is 112 Å². The number of aliphatic hydroxyl groups excluding tert-OH is 1. The first-order valence-corrected chi connectivity index (χ1v) is 12.2. The van der Waals surface area contributed by atoms with Gasteiger partial charge in [0.1, 0.15) is 0 Å². The largest absolute Gasteiger partial charge is 0.393 e. The minimum Gasteiger partial charge on any atom is -0.393 e. The van der Waals surface area contributed by atoms with Crippen molar-refractivity contribution in [1.82, 2.24) is 4.31 Å². The molecule has 9 heteroatoms. The van der Waals surface area contributed by atoms with Gasteiger partial charge in [-0.05, 0) is 57.4 Å². The van der Waals surface area contributed by atoms with E-state index in [1.54, 1.807) is 36.4 Å². The van der Waals surface area contributed by atoms with Gasteiger partial charge in [0.2, 0.25) is 10.0 Å². The molecule has 0 saturated carbocycles. The van der Waals surface area contributed by atoms with E-state index in [-0.39, 0.29) is 11.0 Å². The van der Waals surface area contributed by atoms with E-state index in [1.807, 2.05) is 13.8 Å². The van der Waals surface area contributed by atoms with Gasteiger partial charge in [0.05, 0.1) is 15.9 Å². The monoisotopic (exact) mass is 441 g/mol. The fourth-order valence-corrected chi connectivity index (χ4v) is 4.84. The van der Waals surface area contributed by atoms with Crippen molar-refractivity contribution in [1.29, 1.82) is 0 Å². The summed E-state index contributed by atoms with van der Waals surface area (Å²) in [5, 5.41) is 9.56. The Balaban J connectivity index is 0.000000234. The first-order valence-electron chi connectivity index (χ1n) is 9.29. The molecule has 7 nitrogen and oxygen atoms in total. The Morgan fingerprint density at radius 1 is 0.793 bits per heavy atom. The van der Waals surface area contributed by atoms with E-state index in [1.165, 1.54) is 16.4 Å². The highest BCUT2D eigenvalue weighted by atomic mass is 32.2. The van der Waals surface area contributed by atoms with E-state index in [0.29, 0.717) is 37.2 Å². The van der Waals surface area contributed by atoms with Gasteiger partial charge >= 0.3 is 0 Å². The summed E-state index contributed by atoms with van der Waals surface area (Å²) in [6.45, 7) is 4.66. The second kappa shape index (κ2) is 9.82. The number of aliphatic hydroxyl groups is 1. The van der Waals surface area contributed by atoms with E-state index in [9.17, 15) is 21.9 Å². The lowest BCUT2D eigenvalue weighted by atomic mass is 10.2. The summed E-state index contributed by atoms with van der Waals surface area (Å²) in [6.07, 6.45) is 1.54. The third kappa shape index (κ3) is 6.90. The summed E-state index contributed by atoms with van der Waals surface area (Å²) in [4.78, 5) is 0.271. The van der Waals surface area contributed by atoms with E-state index in [4.69, 9.17) is 4.55 Å². The molecule has 0 aromatic heterocycles. The lowest BCUT2D eigenvalue weighted by Crippen LogP contribution is -2.32. The maximum absolute atomic E-state index is 12.4. The number of nitrogens with zero attached hydrogens (tertiary/aromatic N) is 1. The Labute approximate surface area is 172 Å². The van der Waals surface area contributed by atoms with Crippen LogP contribution >= 0.6 is 0 Å². The number of benzene rings is 2. The third-order valence-electron chi connectivity index (χ3n) is 4.63. The first kappa shape index (κ1) is 23.5. The molecule has 0 aliphatic carbocycles. The molecule has 2 N–H and O–H groups in total. The van der Waals surface area contributed by atoms with Gasteiger partial charge in [0, 0.05) is 13.1 Å². The molecule has 1 unspecified atom stereocenters. The molecule has 3 rings (SSSR count). The van der Waals surface area contributed by atoms with Crippen molar-refractivity contribution >= 4 is 20.1 Å². The zero-order chi connectivity index (χ0) is 21.7. The Kier molecular flexibility index (Phi) is 7.95. The highest BCUT2D eigenvalue weighted by Gasteiger charge is 2.26. The fourth-order valence-electron chi connectivity index (χ4n) is 2.86. The molecule has 1 fully saturated rings. The zero-order valence-electron chi connectivity index (χ0n) is 16.5. The van der Waals surface area contributed by atoms with Crippen molar-refractivity contribution in [2.24, 2.45) is 0 Å². The lowest BCUT2D eigenvalue weighted by Gasteiger charge is -2.20. The maximum atomic E-state index is 12.4. The van der Waals surface area contributed by atoms with Gasteiger partial charge in [0.15, 0.2) is 0 Å². The summed E-state index contributed by atoms with van der Waals surface area (Å²) >= 11 is 0. The summed E-state index contributed by atoms with van der Waals surface area (Å²) in [5.41, 5.74) is 2.00. The van der Waals surface area contributed by atoms with Crippen LogP contribution in [0.5, 0.6) is 0 Å². The Morgan fingerprint density at radius 2 is 1.28 bits per heavy atom. The summed E-state index contributed by atoms with van der Waals surface area (Å²) < 4.78 is 55.8. The van der Waals surface area contributed by atoms with Crippen molar-refractivity contribution in [3.8, 4) is 0 Å². The second-order valence-electron chi connectivity index (χ2n) is 7.09. The van der Waals surface area contributed by atoms with Gasteiger partial charge in [0.25, 0.3) is 10.1 Å². The van der Waals surface area contributed by atoms with Crippen LogP contribution in [0.25, 0.3) is 0 Å². The molecule has 1 aliphatic heterocycles. The molecule has 2 aromatic rings. The van der Waals surface area contributed by atoms with Crippen molar-refractivity contribution in [2.75, 3.05) is 13.1 Å². The van der Waals surface area contributed by atoms with Crippen molar-refractivity contribution in [3.63, 3.8) is 0 Å². The number of hydrogen-bond acceptors (Lipinski definition) is 5. The standard InChI is InChI=1S/C13H19NO3S.C7H8O3S/c1-11-4-6-13(7-5-11)18(16,17)14-9-2-3-12(15)8-10-14;1-6-2-4-7(5-3-6)11(8,9)10/h4-7,12,15H,2-3,8-10H2,1H3;2-5H,1H3,(H,8,9,10). The number of rotatable bonds is 3. The first-order chi connectivity index (χ1) is 13.5. The molecule has 0 amide bonds. The molecular formula is C20H27NO6S2. The average molecular weight is 442 g/mol. The molecule has 0 radical (unpaired) electrons. The highest BCUT2D eigenvalue weighted by molar-refractivity contribution is 7.89. The van der Waals surface area contributed by atoms with Crippen molar-refractivity contribution in [2.45, 2.75) is 49.0 Å². The third-order valence-corrected chi connectivity index (χ3v) is 7.41. The molecule has 160 valence electrons.